The van der Waals surface area contributed by atoms with Crippen molar-refractivity contribution in [1.82, 2.24) is 5.43 Å². The molecule has 3 N–H and O–H groups in total. The molecule has 1 aromatic carbocycles. The van der Waals surface area contributed by atoms with Crippen LogP contribution in [0.2, 0.25) is 0 Å². The highest BCUT2D eigenvalue weighted by Gasteiger charge is 2.39. The molecule has 1 aliphatic rings. The Morgan fingerprint density at radius 1 is 1.39 bits per heavy atom. The monoisotopic (exact) mass is 256 g/mol. The molecule has 0 bridgehead atoms. The van der Waals surface area contributed by atoms with Crippen LogP contribution in [0.1, 0.15) is 37.8 Å². The SMILES string of the molecule is CC1(C(NN)c2cccc(F)c2F)CCCCO1. The quantitative estimate of drug-likeness (QED) is 0.645. The van der Waals surface area contributed by atoms with Crippen molar-refractivity contribution >= 4 is 0 Å². The minimum atomic E-state index is -0.868. The zero-order valence-electron chi connectivity index (χ0n) is 10.4. The van der Waals surface area contributed by atoms with E-state index in [0.29, 0.717) is 6.61 Å². The molecule has 2 rings (SSSR count). The van der Waals surface area contributed by atoms with Crippen molar-refractivity contribution in [3.8, 4) is 0 Å². The van der Waals surface area contributed by atoms with Gasteiger partial charge in [0.1, 0.15) is 0 Å². The molecule has 2 atom stereocenters. The predicted molar refractivity (Wildman–Crippen MR) is 64.6 cm³/mol. The van der Waals surface area contributed by atoms with Gasteiger partial charge in [0.2, 0.25) is 0 Å². The lowest BCUT2D eigenvalue weighted by molar-refractivity contribution is -0.0905. The van der Waals surface area contributed by atoms with Crippen LogP contribution in [0.15, 0.2) is 18.2 Å². The van der Waals surface area contributed by atoms with Crippen molar-refractivity contribution in [1.29, 1.82) is 0 Å². The van der Waals surface area contributed by atoms with Crippen LogP contribution < -0.4 is 11.3 Å². The summed E-state index contributed by atoms with van der Waals surface area (Å²) in [5.41, 5.74) is 2.17. The van der Waals surface area contributed by atoms with Crippen molar-refractivity contribution in [2.24, 2.45) is 5.84 Å². The fourth-order valence-electron chi connectivity index (χ4n) is 2.52. The average molecular weight is 256 g/mol. The van der Waals surface area contributed by atoms with Gasteiger partial charge in [-0.2, -0.15) is 0 Å². The minimum Gasteiger partial charge on any atom is -0.373 e. The lowest BCUT2D eigenvalue weighted by Gasteiger charge is -2.40. The second-order valence-corrected chi connectivity index (χ2v) is 4.86. The van der Waals surface area contributed by atoms with E-state index in [2.05, 4.69) is 5.43 Å². The van der Waals surface area contributed by atoms with Gasteiger partial charge in [-0.15, -0.1) is 0 Å². The van der Waals surface area contributed by atoms with E-state index in [9.17, 15) is 8.78 Å². The van der Waals surface area contributed by atoms with Gasteiger partial charge in [0.25, 0.3) is 0 Å². The third-order valence-electron chi connectivity index (χ3n) is 3.57. The largest absolute Gasteiger partial charge is 0.373 e. The Bertz CT molecular complexity index is 419. The molecule has 100 valence electrons. The topological polar surface area (TPSA) is 47.3 Å². The number of rotatable bonds is 3. The Morgan fingerprint density at radius 2 is 2.17 bits per heavy atom. The number of hydrogen-bond acceptors (Lipinski definition) is 3. The van der Waals surface area contributed by atoms with Crippen LogP contribution in [0.25, 0.3) is 0 Å². The molecular weight excluding hydrogens is 238 g/mol. The highest BCUT2D eigenvalue weighted by molar-refractivity contribution is 5.25. The van der Waals surface area contributed by atoms with Crippen molar-refractivity contribution in [3.05, 3.63) is 35.4 Å². The number of ether oxygens (including phenoxy) is 1. The van der Waals surface area contributed by atoms with Gasteiger partial charge in [-0.3, -0.25) is 5.84 Å². The number of halogens is 2. The van der Waals surface area contributed by atoms with Crippen LogP contribution in [-0.4, -0.2) is 12.2 Å². The summed E-state index contributed by atoms with van der Waals surface area (Å²) in [4.78, 5) is 0. The molecule has 0 aromatic heterocycles. The fourth-order valence-corrected chi connectivity index (χ4v) is 2.52. The second-order valence-electron chi connectivity index (χ2n) is 4.86. The van der Waals surface area contributed by atoms with Crippen molar-refractivity contribution in [2.45, 2.75) is 37.8 Å². The van der Waals surface area contributed by atoms with Gasteiger partial charge in [-0.1, -0.05) is 12.1 Å². The predicted octanol–water partition coefficient (Wildman–Crippen LogP) is 2.43. The molecule has 1 aromatic rings. The molecule has 0 saturated carbocycles. The summed E-state index contributed by atoms with van der Waals surface area (Å²) in [5.74, 6) is 3.79. The first-order valence-electron chi connectivity index (χ1n) is 6.12. The zero-order chi connectivity index (χ0) is 13.2. The van der Waals surface area contributed by atoms with Gasteiger partial charge in [0.05, 0.1) is 11.6 Å². The minimum absolute atomic E-state index is 0.210. The standard InChI is InChI=1S/C13H18F2N2O/c1-13(7-2-3-8-18-13)12(17-16)9-5-4-6-10(14)11(9)15/h4-6,12,17H,2-3,7-8,16H2,1H3. The summed E-state index contributed by atoms with van der Waals surface area (Å²) in [6, 6.07) is 3.54. The van der Waals surface area contributed by atoms with Crippen molar-refractivity contribution in [3.63, 3.8) is 0 Å². The third-order valence-corrected chi connectivity index (χ3v) is 3.57. The number of nitrogens with two attached hydrogens (primary N) is 1. The molecule has 0 radical (unpaired) electrons. The number of hydrazine groups is 1. The van der Waals surface area contributed by atoms with E-state index in [1.807, 2.05) is 6.92 Å². The van der Waals surface area contributed by atoms with Gasteiger partial charge < -0.3 is 4.74 Å². The molecule has 1 fully saturated rings. The lowest BCUT2D eigenvalue weighted by atomic mass is 9.84. The van der Waals surface area contributed by atoms with Gasteiger partial charge in [0.15, 0.2) is 11.6 Å². The van der Waals surface area contributed by atoms with E-state index in [1.54, 1.807) is 0 Å². The summed E-state index contributed by atoms with van der Waals surface area (Å²) in [5, 5.41) is 0. The first-order valence-corrected chi connectivity index (χ1v) is 6.12. The van der Waals surface area contributed by atoms with Crippen molar-refractivity contribution < 1.29 is 13.5 Å². The smallest absolute Gasteiger partial charge is 0.163 e. The Labute approximate surface area is 105 Å². The molecule has 3 nitrogen and oxygen atoms in total. The van der Waals surface area contributed by atoms with Crippen LogP contribution in [-0.2, 0) is 4.74 Å². The van der Waals surface area contributed by atoms with Crippen LogP contribution in [0, 0.1) is 11.6 Å². The summed E-state index contributed by atoms with van der Waals surface area (Å²) in [7, 11) is 0. The number of hydrogen-bond donors (Lipinski definition) is 2. The number of benzene rings is 1. The summed E-state index contributed by atoms with van der Waals surface area (Å²) in [6.45, 7) is 2.49. The highest BCUT2D eigenvalue weighted by atomic mass is 19.2. The van der Waals surface area contributed by atoms with E-state index < -0.39 is 23.3 Å². The van der Waals surface area contributed by atoms with Gasteiger partial charge in [-0.05, 0) is 32.3 Å². The lowest BCUT2D eigenvalue weighted by Crippen LogP contribution is -2.48. The molecule has 5 heteroatoms. The number of nitrogens with one attached hydrogen (secondary N) is 1. The van der Waals surface area contributed by atoms with E-state index in [4.69, 9.17) is 10.6 Å². The van der Waals surface area contributed by atoms with E-state index >= 15 is 0 Å². The van der Waals surface area contributed by atoms with E-state index in [0.717, 1.165) is 25.3 Å². The first-order chi connectivity index (χ1) is 8.58. The molecule has 0 spiro atoms. The molecule has 0 aliphatic carbocycles. The molecule has 1 saturated heterocycles. The first kappa shape index (κ1) is 13.4. The van der Waals surface area contributed by atoms with Crippen LogP contribution in [0.4, 0.5) is 8.78 Å². The van der Waals surface area contributed by atoms with Crippen molar-refractivity contribution in [2.75, 3.05) is 6.61 Å². The second kappa shape index (κ2) is 5.30. The molecule has 1 aliphatic heterocycles. The molecule has 0 amide bonds. The Hall–Kier alpha value is -1.04. The normalized spacial score (nSPS) is 26.0. The maximum atomic E-state index is 13.8. The van der Waals surface area contributed by atoms with E-state index in [-0.39, 0.29) is 5.56 Å². The highest BCUT2D eigenvalue weighted by Crippen LogP contribution is 2.37. The van der Waals surface area contributed by atoms with Crippen LogP contribution in [0.5, 0.6) is 0 Å². The Kier molecular flexibility index (Phi) is 3.94. The van der Waals surface area contributed by atoms with Crippen LogP contribution in [0.3, 0.4) is 0 Å². The fraction of sp³-hybridized carbons (Fsp3) is 0.538. The summed E-state index contributed by atoms with van der Waals surface area (Å²) >= 11 is 0. The van der Waals surface area contributed by atoms with Gasteiger partial charge in [-0.25, -0.2) is 14.2 Å². The van der Waals surface area contributed by atoms with Crippen LogP contribution >= 0.6 is 0 Å². The Balaban J connectivity index is 2.35. The summed E-state index contributed by atoms with van der Waals surface area (Å²) in [6.07, 6.45) is 2.74. The van der Waals surface area contributed by atoms with Gasteiger partial charge >= 0.3 is 0 Å². The molecule has 1 heterocycles. The van der Waals surface area contributed by atoms with E-state index in [1.165, 1.54) is 12.1 Å². The maximum absolute atomic E-state index is 13.8. The zero-order valence-corrected chi connectivity index (χ0v) is 10.4. The molecular formula is C13H18F2N2O. The molecule has 2 unspecified atom stereocenters. The molecule has 18 heavy (non-hydrogen) atoms. The van der Waals surface area contributed by atoms with Gasteiger partial charge in [0, 0.05) is 12.2 Å². The maximum Gasteiger partial charge on any atom is 0.163 e. The average Bonchev–Trinajstić information content (AvgIpc) is 2.36. The Morgan fingerprint density at radius 3 is 2.78 bits per heavy atom. The summed E-state index contributed by atoms with van der Waals surface area (Å²) < 4.78 is 32.9. The third kappa shape index (κ3) is 2.39.